The second kappa shape index (κ2) is 11.1. The van der Waals surface area contributed by atoms with Gasteiger partial charge in [0, 0.05) is 40.1 Å². The van der Waals surface area contributed by atoms with Crippen LogP contribution >= 0.6 is 11.6 Å². The topological polar surface area (TPSA) is 83.5 Å². The summed E-state index contributed by atoms with van der Waals surface area (Å²) in [5.41, 5.74) is 5.30. The lowest BCUT2D eigenvalue weighted by molar-refractivity contribution is -0.117. The molecule has 2 heterocycles. The van der Waals surface area contributed by atoms with Gasteiger partial charge in [-0.2, -0.15) is 0 Å². The molecule has 0 aliphatic carbocycles. The summed E-state index contributed by atoms with van der Waals surface area (Å²) in [4.78, 5) is 35.1. The van der Waals surface area contributed by atoms with Crippen LogP contribution in [0.4, 0.5) is 11.4 Å². The predicted molar refractivity (Wildman–Crippen MR) is 160 cm³/mol. The number of nitrogens with one attached hydrogen (secondary N) is 2. The molecule has 0 bridgehead atoms. The summed E-state index contributed by atoms with van der Waals surface area (Å²) in [7, 11) is 0. The quantitative estimate of drug-likeness (QED) is 0.257. The molecule has 196 valence electrons. The number of carbonyl (C=O) groups excluding carboxylic acids is 2. The SMILES string of the molecule is O=C(Cc1ccccn1)Nc1ccc(C2=NC(Cc3ccc4ccccc4c3)C(=O)Nc3cc(Cl)ccc32)cc1. The Labute approximate surface area is 236 Å². The van der Waals surface area contributed by atoms with E-state index in [0.29, 0.717) is 34.2 Å². The summed E-state index contributed by atoms with van der Waals surface area (Å²) in [5, 5.41) is 8.74. The second-order valence-corrected chi connectivity index (χ2v) is 10.1. The molecule has 0 fully saturated rings. The maximum Gasteiger partial charge on any atom is 0.249 e. The maximum absolute atomic E-state index is 13.3. The summed E-state index contributed by atoms with van der Waals surface area (Å²) in [6.07, 6.45) is 2.31. The zero-order valence-electron chi connectivity index (χ0n) is 21.5. The summed E-state index contributed by atoms with van der Waals surface area (Å²) in [6.45, 7) is 0. The summed E-state index contributed by atoms with van der Waals surface area (Å²) in [5.74, 6) is -0.339. The van der Waals surface area contributed by atoms with Crippen LogP contribution in [0.25, 0.3) is 10.8 Å². The third kappa shape index (κ3) is 5.63. The van der Waals surface area contributed by atoms with E-state index >= 15 is 0 Å². The number of hydrogen-bond donors (Lipinski definition) is 2. The van der Waals surface area contributed by atoms with Gasteiger partial charge in [0.15, 0.2) is 0 Å². The molecule has 1 aliphatic rings. The molecule has 4 aromatic carbocycles. The summed E-state index contributed by atoms with van der Waals surface area (Å²) >= 11 is 6.28. The van der Waals surface area contributed by atoms with E-state index in [4.69, 9.17) is 16.6 Å². The van der Waals surface area contributed by atoms with Crippen molar-refractivity contribution in [3.8, 4) is 0 Å². The lowest BCUT2D eigenvalue weighted by Gasteiger charge is -2.12. The van der Waals surface area contributed by atoms with Crippen molar-refractivity contribution >= 4 is 51.3 Å². The third-order valence-electron chi connectivity index (χ3n) is 6.84. The van der Waals surface area contributed by atoms with Crippen LogP contribution in [0.5, 0.6) is 0 Å². The molecule has 40 heavy (non-hydrogen) atoms. The number of benzodiazepines with no additional fused rings is 1. The minimum atomic E-state index is -0.639. The Morgan fingerprint density at radius 3 is 2.48 bits per heavy atom. The van der Waals surface area contributed by atoms with Crippen LogP contribution in [0.3, 0.4) is 0 Å². The van der Waals surface area contributed by atoms with Crippen molar-refractivity contribution in [3.63, 3.8) is 0 Å². The molecule has 1 aromatic heterocycles. The Balaban J connectivity index is 1.30. The Hall–Kier alpha value is -4.81. The number of benzene rings is 4. The Kier molecular flexibility index (Phi) is 7.08. The molecule has 1 atom stereocenters. The smallest absolute Gasteiger partial charge is 0.249 e. The average Bonchev–Trinajstić information content (AvgIpc) is 3.09. The van der Waals surface area contributed by atoms with Gasteiger partial charge in [0.25, 0.3) is 0 Å². The number of nitrogens with zero attached hydrogens (tertiary/aromatic N) is 2. The van der Waals surface area contributed by atoms with E-state index in [9.17, 15) is 9.59 Å². The number of carbonyl (C=O) groups is 2. The molecule has 0 saturated heterocycles. The molecule has 2 amide bonds. The first kappa shape index (κ1) is 25.5. The highest BCUT2D eigenvalue weighted by Crippen LogP contribution is 2.29. The monoisotopic (exact) mass is 544 g/mol. The largest absolute Gasteiger partial charge is 0.326 e. The minimum absolute atomic E-state index is 0.150. The highest BCUT2D eigenvalue weighted by atomic mass is 35.5. The highest BCUT2D eigenvalue weighted by molar-refractivity contribution is 6.31. The zero-order chi connectivity index (χ0) is 27.5. The molecule has 1 unspecified atom stereocenters. The molecule has 0 radical (unpaired) electrons. The number of halogens is 1. The second-order valence-electron chi connectivity index (χ2n) is 9.68. The van der Waals surface area contributed by atoms with E-state index in [1.165, 1.54) is 0 Å². The van der Waals surface area contributed by atoms with E-state index < -0.39 is 6.04 Å². The molecular formula is C33H25ClN4O2. The fourth-order valence-electron chi connectivity index (χ4n) is 4.87. The fraction of sp³-hybridized carbons (Fsp3) is 0.0909. The zero-order valence-corrected chi connectivity index (χ0v) is 22.2. The van der Waals surface area contributed by atoms with Crippen LogP contribution in [0.2, 0.25) is 5.02 Å². The van der Waals surface area contributed by atoms with E-state index in [1.807, 2.05) is 66.7 Å². The normalized spacial score (nSPS) is 14.6. The molecule has 0 saturated carbocycles. The summed E-state index contributed by atoms with van der Waals surface area (Å²) < 4.78 is 0. The number of anilines is 2. The molecule has 6 rings (SSSR count). The third-order valence-corrected chi connectivity index (χ3v) is 7.07. The standard InChI is InChI=1S/C33H25ClN4O2/c34-25-12-15-28-29(19-25)38-33(40)30(18-21-8-9-22-5-1-2-6-24(22)17-21)37-32(28)23-10-13-26(14-11-23)36-31(39)20-27-7-3-4-16-35-27/h1-17,19,30H,18,20H2,(H,36,39)(H,38,40). The van der Waals surface area contributed by atoms with Crippen molar-refractivity contribution in [1.82, 2.24) is 4.98 Å². The molecule has 6 nitrogen and oxygen atoms in total. The van der Waals surface area contributed by atoms with Gasteiger partial charge in [-0.1, -0.05) is 72.3 Å². The van der Waals surface area contributed by atoms with Crippen molar-refractivity contribution in [2.75, 3.05) is 10.6 Å². The number of aromatic nitrogens is 1. The molecule has 2 N–H and O–H groups in total. The van der Waals surface area contributed by atoms with Crippen LogP contribution in [-0.4, -0.2) is 28.6 Å². The van der Waals surface area contributed by atoms with Crippen molar-refractivity contribution in [1.29, 1.82) is 0 Å². The van der Waals surface area contributed by atoms with Gasteiger partial charge in [-0.25, -0.2) is 0 Å². The van der Waals surface area contributed by atoms with Gasteiger partial charge >= 0.3 is 0 Å². The number of pyridine rings is 1. The lowest BCUT2D eigenvalue weighted by atomic mass is 9.99. The van der Waals surface area contributed by atoms with Gasteiger partial charge in [-0.15, -0.1) is 0 Å². The Bertz CT molecular complexity index is 1750. The lowest BCUT2D eigenvalue weighted by Crippen LogP contribution is -2.27. The van der Waals surface area contributed by atoms with Gasteiger partial charge in [0.05, 0.1) is 17.8 Å². The van der Waals surface area contributed by atoms with Crippen LogP contribution in [0.1, 0.15) is 22.4 Å². The maximum atomic E-state index is 13.3. The van der Waals surface area contributed by atoms with Gasteiger partial charge in [-0.05, 0) is 58.8 Å². The van der Waals surface area contributed by atoms with Crippen molar-refractivity contribution < 1.29 is 9.59 Å². The minimum Gasteiger partial charge on any atom is -0.326 e. The van der Waals surface area contributed by atoms with E-state index in [-0.39, 0.29) is 18.2 Å². The average molecular weight is 545 g/mol. The summed E-state index contributed by atoms with van der Waals surface area (Å²) in [6, 6.07) is 32.1. The van der Waals surface area contributed by atoms with Gasteiger partial charge in [0.2, 0.25) is 11.8 Å². The van der Waals surface area contributed by atoms with E-state index in [0.717, 1.165) is 27.5 Å². The number of hydrogen-bond acceptors (Lipinski definition) is 4. The molecular weight excluding hydrogens is 520 g/mol. The van der Waals surface area contributed by atoms with Crippen molar-refractivity contribution in [2.24, 2.45) is 4.99 Å². The Morgan fingerprint density at radius 1 is 0.875 bits per heavy atom. The number of amides is 2. The molecule has 1 aliphatic heterocycles. The number of rotatable bonds is 6. The van der Waals surface area contributed by atoms with Gasteiger partial charge < -0.3 is 10.6 Å². The van der Waals surface area contributed by atoms with Gasteiger partial charge in [-0.3, -0.25) is 19.6 Å². The molecule has 7 heteroatoms. The van der Waals surface area contributed by atoms with Crippen molar-refractivity contribution in [2.45, 2.75) is 18.9 Å². The van der Waals surface area contributed by atoms with E-state index in [1.54, 1.807) is 18.3 Å². The van der Waals surface area contributed by atoms with Gasteiger partial charge in [0.1, 0.15) is 6.04 Å². The van der Waals surface area contributed by atoms with Crippen LogP contribution < -0.4 is 10.6 Å². The highest BCUT2D eigenvalue weighted by Gasteiger charge is 2.26. The first-order valence-electron chi connectivity index (χ1n) is 13.0. The fourth-order valence-corrected chi connectivity index (χ4v) is 5.04. The van der Waals surface area contributed by atoms with E-state index in [2.05, 4.69) is 39.9 Å². The number of aliphatic imine (C=N–C) groups is 1. The van der Waals surface area contributed by atoms with Crippen LogP contribution in [0.15, 0.2) is 114 Å². The predicted octanol–water partition coefficient (Wildman–Crippen LogP) is 6.47. The Morgan fingerprint density at radius 2 is 1.68 bits per heavy atom. The van der Waals surface area contributed by atoms with Crippen LogP contribution in [0, 0.1) is 0 Å². The molecule has 5 aromatic rings. The van der Waals surface area contributed by atoms with Crippen molar-refractivity contribution in [3.05, 3.63) is 137 Å². The first-order chi connectivity index (χ1) is 19.5. The molecule has 0 spiro atoms. The number of fused-ring (bicyclic) bond motifs is 2. The first-order valence-corrected chi connectivity index (χ1v) is 13.4. The van der Waals surface area contributed by atoms with Crippen LogP contribution in [-0.2, 0) is 22.4 Å².